The molecular weight excluding hydrogens is 166 g/mol. The maximum Gasteiger partial charge on any atom is 0.315 e. The van der Waals surface area contributed by atoms with E-state index >= 15 is 0 Å². The van der Waals surface area contributed by atoms with E-state index in [1.807, 2.05) is 0 Å². The molecule has 1 rings (SSSR count). The highest BCUT2D eigenvalue weighted by Crippen LogP contribution is 2.06. The normalized spacial score (nSPS) is 10.0. The van der Waals surface area contributed by atoms with Gasteiger partial charge in [-0.15, -0.1) is 16.7 Å². The maximum absolute atomic E-state index is 5.45. The first-order valence-electron chi connectivity index (χ1n) is 3.49. The molecule has 0 amide bonds. The lowest BCUT2D eigenvalue weighted by atomic mass is 10.5. The Morgan fingerprint density at radius 2 is 2.36 bits per heavy atom. The molecule has 4 nitrogen and oxygen atoms in total. The fourth-order valence-corrected chi connectivity index (χ4v) is 0.719. The first-order chi connectivity index (χ1) is 5.36. The van der Waals surface area contributed by atoms with Gasteiger partial charge in [0.15, 0.2) is 0 Å². The first-order valence-corrected chi connectivity index (χ1v) is 4.02. The number of nitrogens with one attached hydrogen (secondary N) is 1. The number of anilines is 1. The summed E-state index contributed by atoms with van der Waals surface area (Å²) in [6.45, 7) is 2.90. The van der Waals surface area contributed by atoms with Crippen molar-refractivity contribution in [2.24, 2.45) is 0 Å². The number of aromatic nitrogens is 2. The van der Waals surface area contributed by atoms with E-state index in [0.29, 0.717) is 11.9 Å². The van der Waals surface area contributed by atoms with Crippen molar-refractivity contribution in [3.05, 3.63) is 5.89 Å². The summed E-state index contributed by atoms with van der Waals surface area (Å²) < 4.78 is 5.07. The Bertz CT molecular complexity index is 213. The molecule has 1 N–H and O–H groups in total. The van der Waals surface area contributed by atoms with Crippen LogP contribution >= 0.6 is 11.6 Å². The van der Waals surface area contributed by atoms with E-state index in [0.717, 1.165) is 13.0 Å². The smallest absolute Gasteiger partial charge is 0.315 e. The van der Waals surface area contributed by atoms with Crippen molar-refractivity contribution in [2.75, 3.05) is 11.9 Å². The highest BCUT2D eigenvalue weighted by atomic mass is 35.5. The van der Waals surface area contributed by atoms with Gasteiger partial charge in [-0.2, -0.15) is 0 Å². The number of nitrogens with zero attached hydrogens (tertiary/aromatic N) is 2. The van der Waals surface area contributed by atoms with Crippen molar-refractivity contribution in [1.82, 2.24) is 10.2 Å². The Labute approximate surface area is 69.9 Å². The zero-order chi connectivity index (χ0) is 8.10. The largest absolute Gasteiger partial charge is 0.407 e. The second-order valence-electron chi connectivity index (χ2n) is 2.06. The van der Waals surface area contributed by atoms with Crippen molar-refractivity contribution in [3.63, 3.8) is 0 Å². The average molecular weight is 176 g/mol. The minimum atomic E-state index is 0.265. The van der Waals surface area contributed by atoms with Gasteiger partial charge in [-0.25, -0.2) is 0 Å². The van der Waals surface area contributed by atoms with E-state index in [9.17, 15) is 0 Å². The van der Waals surface area contributed by atoms with Crippen molar-refractivity contribution in [3.8, 4) is 0 Å². The molecule has 0 fully saturated rings. The third kappa shape index (κ3) is 2.38. The summed E-state index contributed by atoms with van der Waals surface area (Å²) in [4.78, 5) is 0. The summed E-state index contributed by atoms with van der Waals surface area (Å²) in [5.41, 5.74) is 0. The molecule has 1 aromatic heterocycles. The third-order valence-electron chi connectivity index (χ3n) is 1.11. The minimum absolute atomic E-state index is 0.265. The summed E-state index contributed by atoms with van der Waals surface area (Å²) in [7, 11) is 0. The predicted octanol–water partition coefficient (Wildman–Crippen LogP) is 1.63. The van der Waals surface area contributed by atoms with Crippen LogP contribution in [0.5, 0.6) is 0 Å². The Hall–Kier alpha value is -0.770. The Kier molecular flexibility index (Phi) is 3.16. The zero-order valence-corrected chi connectivity index (χ0v) is 7.06. The molecule has 0 saturated carbocycles. The highest BCUT2D eigenvalue weighted by molar-refractivity contribution is 6.16. The van der Waals surface area contributed by atoms with Gasteiger partial charge in [0.2, 0.25) is 5.89 Å². The first kappa shape index (κ1) is 8.33. The van der Waals surface area contributed by atoms with Crippen LogP contribution in [0.1, 0.15) is 19.2 Å². The van der Waals surface area contributed by atoms with Gasteiger partial charge < -0.3 is 9.73 Å². The summed E-state index contributed by atoms with van der Waals surface area (Å²) >= 11 is 5.45. The van der Waals surface area contributed by atoms with E-state index in [-0.39, 0.29) is 5.88 Å². The number of hydrogen-bond donors (Lipinski definition) is 1. The van der Waals surface area contributed by atoms with Gasteiger partial charge >= 0.3 is 6.01 Å². The molecule has 0 aliphatic carbocycles. The summed E-state index contributed by atoms with van der Waals surface area (Å²) in [6, 6.07) is 0.447. The molecule has 5 heteroatoms. The van der Waals surface area contributed by atoms with E-state index in [1.165, 1.54) is 0 Å². The fourth-order valence-electron chi connectivity index (χ4n) is 0.611. The Balaban J connectivity index is 2.44. The lowest BCUT2D eigenvalue weighted by Crippen LogP contribution is -1.99. The molecule has 11 heavy (non-hydrogen) atoms. The quantitative estimate of drug-likeness (QED) is 0.707. The molecule has 0 spiro atoms. The molecule has 0 unspecified atom stereocenters. The minimum Gasteiger partial charge on any atom is -0.407 e. The number of rotatable bonds is 4. The average Bonchev–Trinajstić information content (AvgIpc) is 2.48. The van der Waals surface area contributed by atoms with Gasteiger partial charge in [0, 0.05) is 6.54 Å². The van der Waals surface area contributed by atoms with Gasteiger partial charge in [-0.1, -0.05) is 12.0 Å². The lowest BCUT2D eigenvalue weighted by Gasteiger charge is -1.94. The van der Waals surface area contributed by atoms with Crippen LogP contribution in [0, 0.1) is 0 Å². The number of alkyl halides is 1. The van der Waals surface area contributed by atoms with Crippen LogP contribution in [-0.4, -0.2) is 16.7 Å². The molecule has 0 aromatic carbocycles. The SMILES string of the molecule is CCCNc1nnc(CCl)o1. The summed E-state index contributed by atoms with van der Waals surface area (Å²) in [6.07, 6.45) is 1.03. The molecule has 1 aromatic rings. The monoisotopic (exact) mass is 175 g/mol. The third-order valence-corrected chi connectivity index (χ3v) is 1.34. The van der Waals surface area contributed by atoms with Crippen LogP contribution in [0.3, 0.4) is 0 Å². The van der Waals surface area contributed by atoms with Crippen LogP contribution in [-0.2, 0) is 5.88 Å². The van der Waals surface area contributed by atoms with E-state index < -0.39 is 0 Å². The molecule has 0 saturated heterocycles. The van der Waals surface area contributed by atoms with Crippen LogP contribution < -0.4 is 5.32 Å². The van der Waals surface area contributed by atoms with Crippen LogP contribution in [0.15, 0.2) is 4.42 Å². The van der Waals surface area contributed by atoms with Crippen LogP contribution in [0.2, 0.25) is 0 Å². The molecule has 0 bridgehead atoms. The van der Waals surface area contributed by atoms with Gasteiger partial charge in [0.05, 0.1) is 0 Å². The number of hydrogen-bond acceptors (Lipinski definition) is 4. The van der Waals surface area contributed by atoms with E-state index in [4.69, 9.17) is 16.0 Å². The highest BCUT2D eigenvalue weighted by Gasteiger charge is 2.01. The van der Waals surface area contributed by atoms with Crippen molar-refractivity contribution < 1.29 is 4.42 Å². The van der Waals surface area contributed by atoms with Gasteiger partial charge in [0.25, 0.3) is 0 Å². The zero-order valence-electron chi connectivity index (χ0n) is 6.30. The van der Waals surface area contributed by atoms with Crippen molar-refractivity contribution in [1.29, 1.82) is 0 Å². The molecular formula is C6H10ClN3O. The second-order valence-corrected chi connectivity index (χ2v) is 2.33. The second kappa shape index (κ2) is 4.18. The van der Waals surface area contributed by atoms with E-state index in [1.54, 1.807) is 0 Å². The molecule has 1 heterocycles. The van der Waals surface area contributed by atoms with E-state index in [2.05, 4.69) is 22.4 Å². The van der Waals surface area contributed by atoms with Gasteiger partial charge in [-0.05, 0) is 6.42 Å². The van der Waals surface area contributed by atoms with Crippen molar-refractivity contribution >= 4 is 17.6 Å². The van der Waals surface area contributed by atoms with Crippen LogP contribution in [0.25, 0.3) is 0 Å². The predicted molar refractivity (Wildman–Crippen MR) is 42.6 cm³/mol. The lowest BCUT2D eigenvalue weighted by molar-refractivity contribution is 0.525. The Morgan fingerprint density at radius 1 is 1.55 bits per heavy atom. The Morgan fingerprint density at radius 3 is 2.91 bits per heavy atom. The topological polar surface area (TPSA) is 51.0 Å². The summed E-state index contributed by atoms with van der Waals surface area (Å²) in [5, 5.41) is 10.3. The molecule has 0 aliphatic rings. The van der Waals surface area contributed by atoms with Crippen LogP contribution in [0.4, 0.5) is 6.01 Å². The molecule has 0 atom stereocenters. The van der Waals surface area contributed by atoms with Gasteiger partial charge in [-0.3, -0.25) is 0 Å². The number of halogens is 1. The molecule has 62 valence electrons. The maximum atomic E-state index is 5.45. The molecule has 0 radical (unpaired) electrons. The van der Waals surface area contributed by atoms with Crippen molar-refractivity contribution in [2.45, 2.75) is 19.2 Å². The fraction of sp³-hybridized carbons (Fsp3) is 0.667. The standard InChI is InChI=1S/C6H10ClN3O/c1-2-3-8-6-10-9-5(4-7)11-6/h2-4H2,1H3,(H,8,10). The van der Waals surface area contributed by atoms with Gasteiger partial charge in [0.1, 0.15) is 5.88 Å². The summed E-state index contributed by atoms with van der Waals surface area (Å²) in [5.74, 6) is 0.714. The molecule has 0 aliphatic heterocycles.